The number of rotatable bonds is 2. The molecule has 7 nitrogen and oxygen atoms in total. The first-order chi connectivity index (χ1) is 11.6. The zero-order chi connectivity index (χ0) is 16.4. The smallest absolute Gasteiger partial charge is 0.242 e. The second-order valence-electron chi connectivity index (χ2n) is 7.87. The molecule has 0 radical (unpaired) electrons. The van der Waals surface area contributed by atoms with Crippen LogP contribution in [0.2, 0.25) is 0 Å². The van der Waals surface area contributed by atoms with Crippen molar-refractivity contribution in [1.29, 1.82) is 0 Å². The molecule has 5 rings (SSSR count). The second kappa shape index (κ2) is 5.26. The van der Waals surface area contributed by atoms with Crippen LogP contribution in [0.25, 0.3) is 0 Å². The molecule has 1 N–H and O–H groups in total. The molecule has 5 aliphatic heterocycles. The lowest BCUT2D eigenvalue weighted by molar-refractivity contribution is -0.148. The number of fused-ring (bicyclic) bond motifs is 7. The second-order valence-corrected chi connectivity index (χ2v) is 7.87. The highest BCUT2D eigenvalue weighted by molar-refractivity contribution is 6.08. The summed E-state index contributed by atoms with van der Waals surface area (Å²) >= 11 is 0. The van der Waals surface area contributed by atoms with Gasteiger partial charge in [-0.15, -0.1) is 0 Å². The molecular formula is C17H23N3O4. The zero-order valence-corrected chi connectivity index (χ0v) is 13.6. The number of imide groups is 1. The molecule has 0 aliphatic carbocycles. The third kappa shape index (κ3) is 2.07. The number of ether oxygens (including phenoxy) is 1. The molecule has 5 saturated heterocycles. The van der Waals surface area contributed by atoms with E-state index in [1.54, 1.807) is 0 Å². The number of nitrogens with one attached hydrogen (secondary N) is 1. The number of likely N-dealkylation sites (tertiary alicyclic amines) is 2. The van der Waals surface area contributed by atoms with E-state index in [2.05, 4.69) is 5.32 Å². The van der Waals surface area contributed by atoms with Gasteiger partial charge < -0.3 is 15.0 Å². The predicted octanol–water partition coefficient (Wildman–Crippen LogP) is -0.498. The molecular weight excluding hydrogens is 310 g/mol. The maximum atomic E-state index is 12.7. The summed E-state index contributed by atoms with van der Waals surface area (Å²) in [5, 5.41) is 3.54. The largest absolute Gasteiger partial charge is 0.373 e. The van der Waals surface area contributed by atoms with Gasteiger partial charge in [0.15, 0.2) is 0 Å². The van der Waals surface area contributed by atoms with E-state index >= 15 is 0 Å². The van der Waals surface area contributed by atoms with Gasteiger partial charge in [0.1, 0.15) is 6.54 Å². The summed E-state index contributed by atoms with van der Waals surface area (Å²) in [5.41, 5.74) is 0. The monoisotopic (exact) mass is 333 g/mol. The fraction of sp³-hybridized carbons (Fsp3) is 0.824. The molecule has 24 heavy (non-hydrogen) atoms. The summed E-state index contributed by atoms with van der Waals surface area (Å²) in [7, 11) is 0. The van der Waals surface area contributed by atoms with E-state index in [1.807, 2.05) is 4.90 Å². The van der Waals surface area contributed by atoms with Gasteiger partial charge in [-0.2, -0.15) is 0 Å². The average Bonchev–Trinajstić information content (AvgIpc) is 3.28. The average molecular weight is 333 g/mol. The van der Waals surface area contributed by atoms with Crippen molar-refractivity contribution >= 4 is 17.7 Å². The number of hydrogen-bond donors (Lipinski definition) is 1. The molecule has 6 atom stereocenters. The Labute approximate surface area is 140 Å². The molecule has 5 heterocycles. The van der Waals surface area contributed by atoms with Crippen molar-refractivity contribution in [2.45, 2.75) is 56.4 Å². The Morgan fingerprint density at radius 3 is 2.38 bits per heavy atom. The van der Waals surface area contributed by atoms with Crippen LogP contribution in [0.3, 0.4) is 0 Å². The SMILES string of the molecule is O=C(CN1C(=O)C2C3CCC(O3)C2C1=O)N1CCC2CCC(C1)N2. The molecule has 5 aliphatic rings. The van der Waals surface area contributed by atoms with Gasteiger partial charge in [-0.1, -0.05) is 0 Å². The van der Waals surface area contributed by atoms with Crippen LogP contribution >= 0.6 is 0 Å². The van der Waals surface area contributed by atoms with Crippen molar-refractivity contribution in [2.75, 3.05) is 19.6 Å². The lowest BCUT2D eigenvalue weighted by Crippen LogP contribution is -2.46. The fourth-order valence-corrected chi connectivity index (χ4v) is 5.33. The quantitative estimate of drug-likeness (QED) is 0.690. The standard InChI is InChI=1S/C17H23N3O4/c21-13(19-6-5-9-1-2-10(7-19)18-9)8-20-16(22)14-11-3-4-12(24-11)15(14)17(20)23/h9-12,14-15,18H,1-8H2. The first-order valence-corrected chi connectivity index (χ1v) is 9.16. The van der Waals surface area contributed by atoms with E-state index in [9.17, 15) is 14.4 Å². The Balaban J connectivity index is 1.28. The van der Waals surface area contributed by atoms with Crippen LogP contribution in [0, 0.1) is 11.8 Å². The van der Waals surface area contributed by atoms with Crippen molar-refractivity contribution in [3.63, 3.8) is 0 Å². The topological polar surface area (TPSA) is 79.0 Å². The molecule has 3 amide bonds. The van der Waals surface area contributed by atoms with E-state index in [0.717, 1.165) is 25.7 Å². The highest BCUT2D eigenvalue weighted by Gasteiger charge is 2.62. The van der Waals surface area contributed by atoms with Gasteiger partial charge in [-0.3, -0.25) is 19.3 Å². The summed E-state index contributed by atoms with van der Waals surface area (Å²) in [6, 6.07) is 0.866. The maximum Gasteiger partial charge on any atom is 0.242 e. The minimum absolute atomic E-state index is 0.0957. The minimum atomic E-state index is -0.342. The molecule has 0 aromatic heterocycles. The van der Waals surface area contributed by atoms with Crippen LogP contribution in [-0.4, -0.2) is 71.4 Å². The highest BCUT2D eigenvalue weighted by atomic mass is 16.5. The van der Waals surface area contributed by atoms with Crippen LogP contribution in [-0.2, 0) is 19.1 Å². The van der Waals surface area contributed by atoms with Crippen LogP contribution in [0.4, 0.5) is 0 Å². The van der Waals surface area contributed by atoms with E-state index in [4.69, 9.17) is 4.74 Å². The third-order valence-electron chi connectivity index (χ3n) is 6.54. The molecule has 0 aromatic carbocycles. The number of carbonyl (C=O) groups excluding carboxylic acids is 3. The molecule has 5 fully saturated rings. The fourth-order valence-electron chi connectivity index (χ4n) is 5.33. The zero-order valence-electron chi connectivity index (χ0n) is 13.6. The van der Waals surface area contributed by atoms with Crippen LogP contribution in [0.15, 0.2) is 0 Å². The van der Waals surface area contributed by atoms with Gasteiger partial charge in [-0.05, 0) is 32.1 Å². The van der Waals surface area contributed by atoms with Crippen molar-refractivity contribution < 1.29 is 19.1 Å². The van der Waals surface area contributed by atoms with E-state index in [-0.39, 0.29) is 48.3 Å². The molecule has 0 aromatic rings. The molecule has 4 bridgehead atoms. The number of nitrogens with zero attached hydrogens (tertiary/aromatic N) is 2. The third-order valence-corrected chi connectivity index (χ3v) is 6.54. The van der Waals surface area contributed by atoms with Crippen molar-refractivity contribution in [2.24, 2.45) is 11.8 Å². The van der Waals surface area contributed by atoms with Gasteiger partial charge in [0.25, 0.3) is 0 Å². The molecule has 130 valence electrons. The first kappa shape index (κ1) is 14.8. The minimum Gasteiger partial charge on any atom is -0.373 e. The normalized spacial score (nSPS) is 43.5. The Morgan fingerprint density at radius 1 is 1.00 bits per heavy atom. The van der Waals surface area contributed by atoms with Crippen molar-refractivity contribution in [1.82, 2.24) is 15.1 Å². The number of amides is 3. The summed E-state index contributed by atoms with van der Waals surface area (Å²) in [6.07, 6.45) is 4.71. The van der Waals surface area contributed by atoms with Gasteiger partial charge in [0.2, 0.25) is 17.7 Å². The Morgan fingerprint density at radius 2 is 1.67 bits per heavy atom. The summed E-state index contributed by atoms with van der Waals surface area (Å²) < 4.78 is 5.73. The van der Waals surface area contributed by atoms with Gasteiger partial charge in [-0.25, -0.2) is 0 Å². The molecule has 7 heteroatoms. The van der Waals surface area contributed by atoms with E-state index in [0.29, 0.717) is 25.2 Å². The number of hydrogen-bond acceptors (Lipinski definition) is 5. The Bertz CT molecular complexity index is 581. The summed E-state index contributed by atoms with van der Waals surface area (Å²) in [5.74, 6) is -1.17. The predicted molar refractivity (Wildman–Crippen MR) is 82.7 cm³/mol. The van der Waals surface area contributed by atoms with Crippen LogP contribution in [0.5, 0.6) is 0 Å². The van der Waals surface area contributed by atoms with E-state index < -0.39 is 0 Å². The molecule has 6 unspecified atom stereocenters. The van der Waals surface area contributed by atoms with Gasteiger partial charge in [0.05, 0.1) is 24.0 Å². The maximum absolute atomic E-state index is 12.7. The molecule has 0 spiro atoms. The lowest BCUT2D eigenvalue weighted by atomic mass is 9.81. The van der Waals surface area contributed by atoms with Gasteiger partial charge in [0, 0.05) is 25.2 Å². The van der Waals surface area contributed by atoms with Crippen LogP contribution < -0.4 is 5.32 Å². The molecule has 0 saturated carbocycles. The van der Waals surface area contributed by atoms with Gasteiger partial charge >= 0.3 is 0 Å². The summed E-state index contributed by atoms with van der Waals surface area (Å²) in [6.45, 7) is 1.30. The highest BCUT2D eigenvalue weighted by Crippen LogP contribution is 2.48. The Hall–Kier alpha value is -1.47. The van der Waals surface area contributed by atoms with Crippen molar-refractivity contribution in [3.8, 4) is 0 Å². The lowest BCUT2D eigenvalue weighted by Gasteiger charge is -2.26. The first-order valence-electron chi connectivity index (χ1n) is 9.16. The summed E-state index contributed by atoms with van der Waals surface area (Å²) in [4.78, 5) is 41.0. The Kier molecular flexibility index (Phi) is 3.25. The number of carbonyl (C=O) groups is 3. The van der Waals surface area contributed by atoms with Crippen molar-refractivity contribution in [3.05, 3.63) is 0 Å². The van der Waals surface area contributed by atoms with Crippen LogP contribution in [0.1, 0.15) is 32.1 Å². The van der Waals surface area contributed by atoms with E-state index in [1.165, 1.54) is 11.3 Å².